The Labute approximate surface area is 200 Å². The summed E-state index contributed by atoms with van der Waals surface area (Å²) in [5, 5.41) is 13.4. The van der Waals surface area contributed by atoms with Gasteiger partial charge in [-0.2, -0.15) is 0 Å². The molecule has 2 amide bonds. The minimum Gasteiger partial charge on any atom is -0.371 e. The Morgan fingerprint density at radius 1 is 0.941 bits per heavy atom. The maximum absolute atomic E-state index is 12.8. The molecule has 2 aliphatic rings. The van der Waals surface area contributed by atoms with Crippen LogP contribution in [-0.4, -0.2) is 53.5 Å². The van der Waals surface area contributed by atoms with E-state index < -0.39 is 0 Å². The number of hydrogen-bond acceptors (Lipinski definition) is 7. The van der Waals surface area contributed by atoms with E-state index in [1.807, 2.05) is 66.0 Å². The number of carbonyl (C=O) groups excluding carboxylic acids is 1. The first kappa shape index (κ1) is 21.0. The van der Waals surface area contributed by atoms with Gasteiger partial charge in [0.05, 0.1) is 41.6 Å². The first-order chi connectivity index (χ1) is 16.7. The van der Waals surface area contributed by atoms with Crippen molar-refractivity contribution in [3.8, 4) is 10.6 Å². The zero-order valence-corrected chi connectivity index (χ0v) is 19.0. The predicted molar refractivity (Wildman–Crippen MR) is 132 cm³/mol. The molecule has 9 heteroatoms. The first-order valence-corrected chi connectivity index (χ1v) is 12.0. The molecule has 4 aromatic rings. The van der Waals surface area contributed by atoms with Crippen molar-refractivity contribution in [1.29, 1.82) is 0 Å². The van der Waals surface area contributed by atoms with Gasteiger partial charge in [-0.05, 0) is 29.0 Å². The third kappa shape index (κ3) is 4.09. The molecule has 34 heavy (non-hydrogen) atoms. The number of rotatable bonds is 5. The normalized spacial score (nSPS) is 23.5. The van der Waals surface area contributed by atoms with Crippen molar-refractivity contribution in [2.75, 3.05) is 23.8 Å². The van der Waals surface area contributed by atoms with Gasteiger partial charge in [-0.1, -0.05) is 42.5 Å². The number of hydrogen-bond donors (Lipinski definition) is 3. The van der Waals surface area contributed by atoms with Crippen LogP contribution < -0.4 is 16.0 Å². The van der Waals surface area contributed by atoms with E-state index >= 15 is 0 Å². The number of carbonyl (C=O) groups is 1. The van der Waals surface area contributed by atoms with Crippen LogP contribution in [0.15, 0.2) is 72.2 Å². The summed E-state index contributed by atoms with van der Waals surface area (Å²) in [7, 11) is 0. The Hall–Kier alpha value is -3.53. The molecule has 0 aliphatic carbocycles. The molecule has 0 radical (unpaired) electrons. The predicted octanol–water partition coefficient (Wildman–Crippen LogP) is 4.13. The number of anilines is 2. The molecule has 3 N–H and O–H groups in total. The SMILES string of the molecule is O=C(Nc1cccc2ccccc12)N[C@H]1CO[C@H]2[C@@H]1OC[C@@H]2Nc1nccc(-c2cccs2)n1. The Morgan fingerprint density at radius 2 is 1.76 bits per heavy atom. The number of aromatic nitrogens is 2. The van der Waals surface area contributed by atoms with E-state index in [2.05, 4.69) is 25.9 Å². The standard InChI is InChI=1S/C25H23N5O3S/c31-25(29-17-8-3-6-15-5-1-2-7-16(15)17)30-20-14-33-22-19(13-32-23(20)22)28-24-26-11-10-18(27-24)21-9-4-12-34-21/h1-12,19-20,22-23H,13-14H2,(H,26,27,28)(H2,29,30,31)/t19-,20-,22+,23+/m0/s1. The van der Waals surface area contributed by atoms with Gasteiger partial charge in [0.15, 0.2) is 0 Å². The fraction of sp³-hybridized carbons (Fsp3) is 0.240. The van der Waals surface area contributed by atoms with Gasteiger partial charge in [-0.3, -0.25) is 0 Å². The number of urea groups is 1. The van der Waals surface area contributed by atoms with E-state index in [9.17, 15) is 4.79 Å². The number of ether oxygens (including phenoxy) is 2. The van der Waals surface area contributed by atoms with Gasteiger partial charge >= 0.3 is 6.03 Å². The Balaban J connectivity index is 1.09. The minimum atomic E-state index is -0.280. The Kier molecular flexibility index (Phi) is 5.58. The molecule has 4 heterocycles. The van der Waals surface area contributed by atoms with E-state index in [0.717, 1.165) is 27.0 Å². The van der Waals surface area contributed by atoms with Crippen LogP contribution in [0, 0.1) is 0 Å². The third-order valence-electron chi connectivity index (χ3n) is 6.15. The Morgan fingerprint density at radius 3 is 2.65 bits per heavy atom. The van der Waals surface area contributed by atoms with Crippen molar-refractivity contribution in [1.82, 2.24) is 15.3 Å². The van der Waals surface area contributed by atoms with Crippen molar-refractivity contribution >= 4 is 39.8 Å². The van der Waals surface area contributed by atoms with Crippen LogP contribution in [0.4, 0.5) is 16.4 Å². The van der Waals surface area contributed by atoms with Gasteiger partial charge in [0.2, 0.25) is 5.95 Å². The average Bonchev–Trinajstić information content (AvgIpc) is 3.60. The second kappa shape index (κ2) is 9.02. The van der Waals surface area contributed by atoms with E-state index in [1.165, 1.54) is 0 Å². The topological polar surface area (TPSA) is 97.4 Å². The molecule has 0 spiro atoms. The monoisotopic (exact) mass is 473 g/mol. The molecule has 0 bridgehead atoms. The van der Waals surface area contributed by atoms with Crippen LogP contribution in [0.5, 0.6) is 0 Å². The molecule has 2 saturated heterocycles. The number of nitrogens with zero attached hydrogens (tertiary/aromatic N) is 2. The molecular formula is C25H23N5O3S. The summed E-state index contributed by atoms with van der Waals surface area (Å²) < 4.78 is 12.0. The summed E-state index contributed by atoms with van der Waals surface area (Å²) in [6, 6.07) is 19.1. The van der Waals surface area contributed by atoms with Gasteiger partial charge in [0.1, 0.15) is 12.2 Å². The van der Waals surface area contributed by atoms with Crippen LogP contribution in [0.1, 0.15) is 0 Å². The molecule has 8 nitrogen and oxygen atoms in total. The minimum absolute atomic E-state index is 0.100. The summed E-state index contributed by atoms with van der Waals surface area (Å²) in [5.74, 6) is 0.536. The lowest BCUT2D eigenvalue weighted by atomic mass is 10.1. The smallest absolute Gasteiger partial charge is 0.319 e. The van der Waals surface area contributed by atoms with Crippen LogP contribution in [0.2, 0.25) is 0 Å². The maximum atomic E-state index is 12.8. The summed E-state index contributed by atoms with van der Waals surface area (Å²) in [6.45, 7) is 0.831. The average molecular weight is 474 g/mol. The number of amides is 2. The highest BCUT2D eigenvalue weighted by atomic mass is 32.1. The largest absolute Gasteiger partial charge is 0.371 e. The molecule has 0 saturated carbocycles. The number of nitrogens with one attached hydrogen (secondary N) is 3. The Bertz CT molecular complexity index is 1310. The van der Waals surface area contributed by atoms with E-state index in [-0.39, 0.29) is 30.3 Å². The molecule has 172 valence electrons. The molecule has 2 aromatic carbocycles. The third-order valence-corrected chi connectivity index (χ3v) is 7.04. The maximum Gasteiger partial charge on any atom is 0.319 e. The van der Waals surface area contributed by atoms with Gasteiger partial charge in [0, 0.05) is 11.6 Å². The fourth-order valence-corrected chi connectivity index (χ4v) is 5.26. The zero-order chi connectivity index (χ0) is 22.9. The van der Waals surface area contributed by atoms with Crippen LogP contribution in [-0.2, 0) is 9.47 Å². The van der Waals surface area contributed by atoms with Gasteiger partial charge < -0.3 is 25.4 Å². The molecule has 4 atom stereocenters. The van der Waals surface area contributed by atoms with Crippen molar-refractivity contribution in [3.63, 3.8) is 0 Å². The van der Waals surface area contributed by atoms with E-state index in [1.54, 1.807) is 17.5 Å². The molecule has 2 fully saturated rings. The van der Waals surface area contributed by atoms with Gasteiger partial charge in [0.25, 0.3) is 0 Å². The van der Waals surface area contributed by atoms with Crippen LogP contribution in [0.25, 0.3) is 21.3 Å². The van der Waals surface area contributed by atoms with Gasteiger partial charge in [-0.25, -0.2) is 14.8 Å². The first-order valence-electron chi connectivity index (χ1n) is 11.2. The lowest BCUT2D eigenvalue weighted by Gasteiger charge is -2.19. The molecular weight excluding hydrogens is 450 g/mol. The second-order valence-electron chi connectivity index (χ2n) is 8.32. The summed E-state index contributed by atoms with van der Waals surface area (Å²) >= 11 is 1.64. The molecule has 2 aliphatic heterocycles. The highest BCUT2D eigenvalue weighted by Crippen LogP contribution is 2.30. The van der Waals surface area contributed by atoms with E-state index in [0.29, 0.717) is 19.2 Å². The molecule has 2 aromatic heterocycles. The second-order valence-corrected chi connectivity index (χ2v) is 9.27. The lowest BCUT2D eigenvalue weighted by molar-refractivity contribution is 0.0683. The van der Waals surface area contributed by atoms with Crippen molar-refractivity contribution in [3.05, 3.63) is 72.2 Å². The summed E-state index contributed by atoms with van der Waals surface area (Å²) in [4.78, 5) is 22.8. The van der Waals surface area contributed by atoms with E-state index in [4.69, 9.17) is 9.47 Å². The van der Waals surface area contributed by atoms with Crippen LogP contribution in [0.3, 0.4) is 0 Å². The fourth-order valence-electron chi connectivity index (χ4n) is 4.56. The van der Waals surface area contributed by atoms with Crippen molar-refractivity contribution < 1.29 is 14.3 Å². The zero-order valence-electron chi connectivity index (χ0n) is 18.2. The van der Waals surface area contributed by atoms with Crippen LogP contribution >= 0.6 is 11.3 Å². The lowest BCUT2D eigenvalue weighted by Crippen LogP contribution is -2.46. The number of thiophene rings is 1. The summed E-state index contributed by atoms with van der Waals surface area (Å²) in [6.07, 6.45) is 1.31. The quantitative estimate of drug-likeness (QED) is 0.403. The summed E-state index contributed by atoms with van der Waals surface area (Å²) in [5.41, 5.74) is 1.64. The molecule has 6 rings (SSSR count). The van der Waals surface area contributed by atoms with Crippen molar-refractivity contribution in [2.24, 2.45) is 0 Å². The molecule has 0 unspecified atom stereocenters. The van der Waals surface area contributed by atoms with Gasteiger partial charge in [-0.15, -0.1) is 11.3 Å². The van der Waals surface area contributed by atoms with Crippen molar-refractivity contribution in [2.45, 2.75) is 24.3 Å². The highest BCUT2D eigenvalue weighted by Gasteiger charge is 2.48. The highest BCUT2D eigenvalue weighted by molar-refractivity contribution is 7.13. The number of benzene rings is 2. The number of fused-ring (bicyclic) bond motifs is 2.